The summed E-state index contributed by atoms with van der Waals surface area (Å²) in [6, 6.07) is 21.6. The summed E-state index contributed by atoms with van der Waals surface area (Å²) in [4.78, 5) is 25.0. The Morgan fingerprint density at radius 2 is 1.78 bits per heavy atom. The fourth-order valence-electron chi connectivity index (χ4n) is 3.14. The second-order valence-electron chi connectivity index (χ2n) is 7.36. The predicted molar refractivity (Wildman–Crippen MR) is 120 cm³/mol. The molecule has 0 amide bonds. The number of carbonyl (C=O) groups excluding carboxylic acids is 1. The van der Waals surface area contributed by atoms with E-state index in [1.165, 1.54) is 6.26 Å². The van der Waals surface area contributed by atoms with Gasteiger partial charge in [-0.2, -0.15) is 0 Å². The first-order valence-electron chi connectivity index (χ1n) is 10.2. The lowest BCUT2D eigenvalue weighted by molar-refractivity contribution is -0.152. The molecule has 0 saturated carbocycles. The normalized spacial score (nSPS) is 11.7. The molecule has 0 bridgehead atoms. The lowest BCUT2D eigenvalue weighted by Crippen LogP contribution is -2.26. The monoisotopic (exact) mass is 430 g/mol. The molecule has 0 fully saturated rings. The van der Waals surface area contributed by atoms with Crippen LogP contribution < -0.4 is 14.9 Å². The molecule has 0 spiro atoms. The van der Waals surface area contributed by atoms with Crippen molar-refractivity contribution in [3.63, 3.8) is 0 Å². The van der Waals surface area contributed by atoms with Gasteiger partial charge in [-0.15, -0.1) is 0 Å². The summed E-state index contributed by atoms with van der Waals surface area (Å²) in [5, 5.41) is 0.349. The van der Waals surface area contributed by atoms with Crippen LogP contribution in [0, 0.1) is 6.92 Å². The molecular weight excluding hydrogens is 408 g/mol. The highest BCUT2D eigenvalue weighted by molar-refractivity contribution is 5.79. The van der Waals surface area contributed by atoms with E-state index in [4.69, 9.17) is 18.6 Å². The van der Waals surface area contributed by atoms with E-state index in [1.807, 2.05) is 55.5 Å². The van der Waals surface area contributed by atoms with Gasteiger partial charge in [-0.25, -0.2) is 4.79 Å². The molecule has 1 aromatic heterocycles. The first-order chi connectivity index (χ1) is 15.5. The van der Waals surface area contributed by atoms with Crippen molar-refractivity contribution < 1.29 is 23.4 Å². The Kier molecular flexibility index (Phi) is 6.22. The Morgan fingerprint density at radius 1 is 0.969 bits per heavy atom. The van der Waals surface area contributed by atoms with E-state index in [9.17, 15) is 9.59 Å². The lowest BCUT2D eigenvalue weighted by atomic mass is 10.2. The lowest BCUT2D eigenvalue weighted by Gasteiger charge is -2.14. The summed E-state index contributed by atoms with van der Waals surface area (Å²) in [7, 11) is 0. The molecule has 1 heterocycles. The van der Waals surface area contributed by atoms with Crippen LogP contribution in [0.1, 0.15) is 18.1 Å². The molecule has 6 heteroatoms. The average Bonchev–Trinajstić information content (AvgIpc) is 2.80. The Balaban J connectivity index is 1.45. The van der Waals surface area contributed by atoms with Crippen molar-refractivity contribution in [3.05, 3.63) is 100 Å². The number of rotatable bonds is 7. The van der Waals surface area contributed by atoms with Crippen molar-refractivity contribution in [2.45, 2.75) is 26.6 Å². The minimum atomic E-state index is -0.827. The summed E-state index contributed by atoms with van der Waals surface area (Å²) in [5.74, 6) is 0.545. The van der Waals surface area contributed by atoms with E-state index >= 15 is 0 Å². The number of hydrogen-bond donors (Lipinski definition) is 0. The molecule has 6 nitrogen and oxygen atoms in total. The number of benzene rings is 3. The minimum Gasteiger partial charge on any atom is -0.479 e. The maximum Gasteiger partial charge on any atom is 0.347 e. The van der Waals surface area contributed by atoms with E-state index in [2.05, 4.69) is 0 Å². The first-order valence-corrected chi connectivity index (χ1v) is 10.2. The van der Waals surface area contributed by atoms with E-state index in [0.717, 1.165) is 11.1 Å². The van der Waals surface area contributed by atoms with E-state index in [-0.39, 0.29) is 17.8 Å². The van der Waals surface area contributed by atoms with Crippen molar-refractivity contribution in [2.75, 3.05) is 0 Å². The van der Waals surface area contributed by atoms with Crippen molar-refractivity contribution in [1.82, 2.24) is 0 Å². The molecule has 1 atom stereocenters. The van der Waals surface area contributed by atoms with Gasteiger partial charge in [0.25, 0.3) is 0 Å². The standard InChI is InChI=1S/C26H22O6/c1-17-7-6-10-20(13-17)32-24-16-29-23-14-21(11-12-22(23)25(24)27)31-18(2)26(28)30-15-19-8-4-3-5-9-19/h3-14,16,18H,15H2,1-2H3. The molecule has 1 unspecified atom stereocenters. The predicted octanol–water partition coefficient (Wildman–Crippen LogP) is 5.40. The highest BCUT2D eigenvalue weighted by Gasteiger charge is 2.18. The molecule has 4 aromatic rings. The van der Waals surface area contributed by atoms with Gasteiger partial charge < -0.3 is 18.6 Å². The van der Waals surface area contributed by atoms with Crippen LogP contribution in [-0.2, 0) is 16.1 Å². The van der Waals surface area contributed by atoms with Gasteiger partial charge in [0.2, 0.25) is 11.2 Å². The van der Waals surface area contributed by atoms with Gasteiger partial charge in [-0.3, -0.25) is 4.79 Å². The van der Waals surface area contributed by atoms with Crippen LogP contribution in [0.15, 0.2) is 88.3 Å². The Hall–Kier alpha value is -4.06. The SMILES string of the molecule is Cc1cccc(Oc2coc3cc(OC(C)C(=O)OCc4ccccc4)ccc3c2=O)c1. The first kappa shape index (κ1) is 21.2. The molecule has 162 valence electrons. The minimum absolute atomic E-state index is 0.0922. The zero-order valence-electron chi connectivity index (χ0n) is 17.7. The van der Waals surface area contributed by atoms with Crippen LogP contribution in [0.2, 0.25) is 0 Å². The summed E-state index contributed by atoms with van der Waals surface area (Å²) < 4.78 is 22.3. The van der Waals surface area contributed by atoms with Crippen LogP contribution in [0.3, 0.4) is 0 Å². The summed E-state index contributed by atoms with van der Waals surface area (Å²) in [5.41, 5.74) is 1.94. The number of ether oxygens (including phenoxy) is 3. The molecule has 0 saturated heterocycles. The zero-order chi connectivity index (χ0) is 22.5. The fourth-order valence-corrected chi connectivity index (χ4v) is 3.14. The van der Waals surface area contributed by atoms with Crippen LogP contribution in [0.4, 0.5) is 0 Å². The van der Waals surface area contributed by atoms with Gasteiger partial charge >= 0.3 is 5.97 Å². The number of fused-ring (bicyclic) bond motifs is 1. The number of aryl methyl sites for hydroxylation is 1. The third-order valence-electron chi connectivity index (χ3n) is 4.80. The average molecular weight is 430 g/mol. The smallest absolute Gasteiger partial charge is 0.347 e. The van der Waals surface area contributed by atoms with Crippen LogP contribution in [0.5, 0.6) is 17.2 Å². The van der Waals surface area contributed by atoms with E-state index < -0.39 is 12.1 Å². The van der Waals surface area contributed by atoms with Gasteiger partial charge in [-0.1, -0.05) is 42.5 Å². The Morgan fingerprint density at radius 3 is 2.56 bits per heavy atom. The second-order valence-corrected chi connectivity index (χ2v) is 7.36. The van der Waals surface area contributed by atoms with Crippen LogP contribution in [0.25, 0.3) is 11.0 Å². The van der Waals surface area contributed by atoms with Gasteiger partial charge in [0, 0.05) is 6.07 Å². The molecule has 0 N–H and O–H groups in total. The fraction of sp³-hybridized carbons (Fsp3) is 0.154. The van der Waals surface area contributed by atoms with Gasteiger partial charge in [0.05, 0.1) is 5.39 Å². The van der Waals surface area contributed by atoms with Gasteiger partial charge in [-0.05, 0) is 49.2 Å². The molecule has 0 aliphatic carbocycles. The van der Waals surface area contributed by atoms with Crippen molar-refractivity contribution >= 4 is 16.9 Å². The van der Waals surface area contributed by atoms with Gasteiger partial charge in [0.1, 0.15) is 30.0 Å². The van der Waals surface area contributed by atoms with E-state index in [1.54, 1.807) is 31.2 Å². The third kappa shape index (κ3) is 4.98. The van der Waals surface area contributed by atoms with Crippen LogP contribution in [-0.4, -0.2) is 12.1 Å². The van der Waals surface area contributed by atoms with Crippen molar-refractivity contribution in [3.8, 4) is 17.2 Å². The number of hydrogen-bond acceptors (Lipinski definition) is 6. The maximum atomic E-state index is 12.8. The molecule has 0 radical (unpaired) electrons. The topological polar surface area (TPSA) is 75.0 Å². The largest absolute Gasteiger partial charge is 0.479 e. The summed E-state index contributed by atoms with van der Waals surface area (Å²) in [6.45, 7) is 3.71. The molecule has 4 rings (SSSR count). The molecule has 0 aliphatic heterocycles. The van der Waals surface area contributed by atoms with E-state index in [0.29, 0.717) is 22.5 Å². The van der Waals surface area contributed by atoms with Crippen molar-refractivity contribution in [1.29, 1.82) is 0 Å². The summed E-state index contributed by atoms with van der Waals surface area (Å²) >= 11 is 0. The number of esters is 1. The molecule has 3 aromatic carbocycles. The van der Waals surface area contributed by atoms with Crippen molar-refractivity contribution in [2.24, 2.45) is 0 Å². The van der Waals surface area contributed by atoms with Gasteiger partial charge in [0.15, 0.2) is 6.10 Å². The summed E-state index contributed by atoms with van der Waals surface area (Å²) in [6.07, 6.45) is 0.445. The van der Waals surface area contributed by atoms with Crippen LogP contribution >= 0.6 is 0 Å². The molecule has 32 heavy (non-hydrogen) atoms. The second kappa shape index (κ2) is 9.39. The maximum absolute atomic E-state index is 12.8. The molecular formula is C26H22O6. The number of carbonyl (C=O) groups is 1. The highest BCUT2D eigenvalue weighted by Crippen LogP contribution is 2.25. The quantitative estimate of drug-likeness (QED) is 0.365. The zero-order valence-corrected chi connectivity index (χ0v) is 17.7. The Bertz CT molecular complexity index is 1290. The third-order valence-corrected chi connectivity index (χ3v) is 4.80. The molecule has 0 aliphatic rings. The Labute approximate surface area is 185 Å². The highest BCUT2D eigenvalue weighted by atomic mass is 16.6.